The highest BCUT2D eigenvalue weighted by molar-refractivity contribution is 7.82. The molecule has 13 heavy (non-hydrogen) atoms. The number of nitrogens with zero attached hydrogens (tertiary/aromatic N) is 1. The molecule has 0 saturated carbocycles. The van der Waals surface area contributed by atoms with Crippen molar-refractivity contribution in [3.8, 4) is 0 Å². The second kappa shape index (κ2) is 4.34. The zero-order chi connectivity index (χ0) is 9.84. The Morgan fingerprint density at radius 3 is 2.92 bits per heavy atom. The van der Waals surface area contributed by atoms with Crippen LogP contribution in [0.25, 0.3) is 0 Å². The van der Waals surface area contributed by atoms with E-state index in [4.69, 9.17) is 18.0 Å². The van der Waals surface area contributed by atoms with Gasteiger partial charge in [-0.1, -0.05) is 18.3 Å². The van der Waals surface area contributed by atoms with Crippen LogP contribution in [0.2, 0.25) is 0 Å². The van der Waals surface area contributed by atoms with Gasteiger partial charge in [-0.3, -0.25) is 4.79 Å². The molecular weight excluding hydrogens is 186 g/mol. The second-order valence-corrected chi connectivity index (χ2v) is 3.47. The van der Waals surface area contributed by atoms with Crippen molar-refractivity contribution >= 4 is 23.1 Å². The van der Waals surface area contributed by atoms with Crippen molar-refractivity contribution in [2.24, 2.45) is 5.73 Å². The Morgan fingerprint density at radius 2 is 2.46 bits per heavy atom. The molecule has 3 N–H and O–H groups in total. The number of carbonyl (C=O) groups excluding carboxylic acids is 1. The van der Waals surface area contributed by atoms with Gasteiger partial charge in [0.2, 0.25) is 0 Å². The highest BCUT2D eigenvalue weighted by atomic mass is 32.1. The largest absolute Gasteiger partial charge is 0.364 e. The Kier molecular flexibility index (Phi) is 3.39. The molecule has 0 saturated heterocycles. The van der Waals surface area contributed by atoms with Gasteiger partial charge in [0.25, 0.3) is 5.91 Å². The maximum atomic E-state index is 10.6. The number of thiocarbonyl (C=S) groups is 1. The molecule has 0 aromatic rings. The Hall–Kier alpha value is -0.940. The Labute approximate surface area is 82.8 Å². The lowest BCUT2D eigenvalue weighted by Gasteiger charge is -2.22. The van der Waals surface area contributed by atoms with Gasteiger partial charge in [-0.15, -0.1) is 0 Å². The third kappa shape index (κ3) is 3.12. The van der Waals surface area contributed by atoms with Gasteiger partial charge in [0.15, 0.2) is 4.99 Å². The fourth-order valence-electron chi connectivity index (χ4n) is 1.09. The summed E-state index contributed by atoms with van der Waals surface area (Å²) in [4.78, 5) is 12.9. The average molecular weight is 199 g/mol. The van der Waals surface area contributed by atoms with Crippen molar-refractivity contribution in [3.05, 3.63) is 11.8 Å². The highest BCUT2D eigenvalue weighted by Crippen LogP contribution is 2.05. The summed E-state index contributed by atoms with van der Waals surface area (Å²) >= 11 is 4.75. The minimum atomic E-state index is -0.574. The molecule has 0 atom stereocenters. The van der Waals surface area contributed by atoms with Crippen molar-refractivity contribution in [1.82, 2.24) is 10.2 Å². The molecule has 0 aromatic heterocycles. The lowest BCUT2D eigenvalue weighted by Crippen LogP contribution is -2.36. The first-order valence-corrected chi connectivity index (χ1v) is 4.49. The van der Waals surface area contributed by atoms with Gasteiger partial charge in [0.1, 0.15) is 0 Å². The van der Waals surface area contributed by atoms with Crippen LogP contribution in [-0.4, -0.2) is 35.9 Å². The van der Waals surface area contributed by atoms with Gasteiger partial charge in [0.05, 0.1) is 0 Å². The van der Waals surface area contributed by atoms with Crippen molar-refractivity contribution in [2.45, 2.75) is 6.42 Å². The quantitative estimate of drug-likeness (QED) is 0.565. The van der Waals surface area contributed by atoms with Crippen LogP contribution < -0.4 is 11.1 Å². The van der Waals surface area contributed by atoms with Crippen LogP contribution in [0.4, 0.5) is 0 Å². The van der Waals surface area contributed by atoms with Gasteiger partial charge in [0, 0.05) is 18.8 Å². The van der Waals surface area contributed by atoms with E-state index in [0.717, 1.165) is 25.2 Å². The molecule has 0 unspecified atom stereocenters. The second-order valence-electron chi connectivity index (χ2n) is 3.06. The number of hydrogen-bond donors (Lipinski definition) is 2. The molecule has 4 nitrogen and oxygen atoms in total. The van der Waals surface area contributed by atoms with Crippen LogP contribution in [0.5, 0.6) is 0 Å². The fourth-order valence-corrected chi connectivity index (χ4v) is 1.22. The van der Waals surface area contributed by atoms with E-state index in [2.05, 4.69) is 10.2 Å². The normalized spacial score (nSPS) is 17.8. The summed E-state index contributed by atoms with van der Waals surface area (Å²) in [6.07, 6.45) is 2.89. The number of nitrogens with one attached hydrogen (secondary N) is 1. The number of rotatable bonds is 1. The number of carbonyl (C=O) groups is 1. The Morgan fingerprint density at radius 1 is 1.77 bits per heavy atom. The van der Waals surface area contributed by atoms with Crippen LogP contribution in [0, 0.1) is 0 Å². The summed E-state index contributed by atoms with van der Waals surface area (Å²) in [6.45, 7) is 1.85. The molecule has 72 valence electrons. The summed E-state index contributed by atoms with van der Waals surface area (Å²) < 4.78 is 0. The van der Waals surface area contributed by atoms with Crippen molar-refractivity contribution in [1.29, 1.82) is 0 Å². The van der Waals surface area contributed by atoms with E-state index in [1.165, 1.54) is 0 Å². The predicted octanol–water partition coefficient (Wildman–Crippen LogP) is -0.392. The third-order valence-corrected chi connectivity index (χ3v) is 2.21. The lowest BCUT2D eigenvalue weighted by molar-refractivity contribution is -0.112. The summed E-state index contributed by atoms with van der Waals surface area (Å²) in [5.41, 5.74) is 5.99. The molecule has 0 spiro atoms. The van der Waals surface area contributed by atoms with Gasteiger partial charge in [-0.25, -0.2) is 0 Å². The van der Waals surface area contributed by atoms with Crippen molar-refractivity contribution < 1.29 is 4.79 Å². The summed E-state index contributed by atoms with van der Waals surface area (Å²) in [5, 5.41) is 2.83. The van der Waals surface area contributed by atoms with Crippen LogP contribution in [0.3, 0.4) is 0 Å². The molecule has 1 heterocycles. The molecule has 1 amide bonds. The van der Waals surface area contributed by atoms with E-state index in [0.29, 0.717) is 0 Å². The molecule has 5 heteroatoms. The van der Waals surface area contributed by atoms with Crippen LogP contribution in [-0.2, 0) is 4.79 Å². The van der Waals surface area contributed by atoms with Gasteiger partial charge < -0.3 is 16.0 Å². The van der Waals surface area contributed by atoms with E-state index in [-0.39, 0.29) is 4.99 Å². The highest BCUT2D eigenvalue weighted by Gasteiger charge is 2.10. The molecule has 0 aromatic carbocycles. The number of likely N-dealkylation sites (N-methyl/N-ethyl adjacent to an activating group) is 1. The van der Waals surface area contributed by atoms with Crippen molar-refractivity contribution in [2.75, 3.05) is 20.1 Å². The smallest absolute Gasteiger partial charge is 0.276 e. The van der Waals surface area contributed by atoms with E-state index in [1.54, 1.807) is 0 Å². The van der Waals surface area contributed by atoms with Crippen LogP contribution in [0.15, 0.2) is 11.8 Å². The minimum absolute atomic E-state index is 0.0933. The minimum Gasteiger partial charge on any atom is -0.364 e. The predicted molar refractivity (Wildman–Crippen MR) is 55.1 cm³/mol. The van der Waals surface area contributed by atoms with E-state index < -0.39 is 5.91 Å². The lowest BCUT2D eigenvalue weighted by atomic mass is 10.2. The molecular formula is C8H13N3OS. The Bertz CT molecular complexity index is 262. The zero-order valence-electron chi connectivity index (χ0n) is 7.54. The van der Waals surface area contributed by atoms with E-state index in [9.17, 15) is 4.79 Å². The molecule has 0 bridgehead atoms. The van der Waals surface area contributed by atoms with Crippen LogP contribution >= 0.6 is 12.2 Å². The van der Waals surface area contributed by atoms with E-state index in [1.807, 2.05) is 13.1 Å². The number of amides is 1. The Balaban J connectivity index is 2.46. The van der Waals surface area contributed by atoms with Crippen molar-refractivity contribution in [3.63, 3.8) is 0 Å². The zero-order valence-corrected chi connectivity index (χ0v) is 8.36. The van der Waals surface area contributed by atoms with Gasteiger partial charge in [-0.2, -0.15) is 0 Å². The monoisotopic (exact) mass is 199 g/mol. The average Bonchev–Trinajstić information content (AvgIpc) is 2.08. The molecule has 0 radical (unpaired) electrons. The molecule has 1 aliphatic rings. The first kappa shape index (κ1) is 10.1. The van der Waals surface area contributed by atoms with Crippen LogP contribution in [0.1, 0.15) is 6.42 Å². The first-order chi connectivity index (χ1) is 6.09. The number of hydrogen-bond acceptors (Lipinski definition) is 3. The van der Waals surface area contributed by atoms with Gasteiger partial charge >= 0.3 is 0 Å². The molecule has 0 fully saturated rings. The fraction of sp³-hybridized carbons (Fsp3) is 0.500. The molecule has 0 aliphatic carbocycles. The maximum absolute atomic E-state index is 10.6. The molecule has 1 aliphatic heterocycles. The summed E-state index contributed by atoms with van der Waals surface area (Å²) in [6, 6.07) is 0. The SMILES string of the molecule is CN1CC=C(NC(=S)C(N)=O)CC1. The number of primary amides is 1. The molecule has 1 rings (SSSR count). The van der Waals surface area contributed by atoms with E-state index >= 15 is 0 Å². The summed E-state index contributed by atoms with van der Waals surface area (Å²) in [5.74, 6) is -0.574. The third-order valence-electron chi connectivity index (χ3n) is 1.91. The standard InChI is InChI=1S/C8H13N3OS/c1-11-4-2-6(3-5-11)10-8(13)7(9)12/h2H,3-5H2,1H3,(H2,9,12)(H,10,13). The number of nitrogens with two attached hydrogens (primary N) is 1. The van der Waals surface area contributed by atoms with Gasteiger partial charge in [-0.05, 0) is 13.5 Å². The summed E-state index contributed by atoms with van der Waals surface area (Å²) in [7, 11) is 2.04. The maximum Gasteiger partial charge on any atom is 0.276 e. The topological polar surface area (TPSA) is 58.4 Å². The first-order valence-electron chi connectivity index (χ1n) is 4.08.